The van der Waals surface area contributed by atoms with Crippen molar-refractivity contribution in [2.24, 2.45) is 17.8 Å². The number of ether oxygens (including phenoxy) is 1. The number of nitrogen functional groups attached to an aromatic ring is 1. The Labute approximate surface area is 184 Å². The number of cyclic esters (lactones) is 1. The second-order valence-corrected chi connectivity index (χ2v) is 9.33. The third-order valence-electron chi connectivity index (χ3n) is 6.81. The fraction of sp³-hybridized carbons (Fsp3) is 0.591. The molecule has 1 amide bonds. The first kappa shape index (κ1) is 22.6. The van der Waals surface area contributed by atoms with Crippen LogP contribution in [-0.4, -0.2) is 46.9 Å². The molecule has 0 aromatic carbocycles. The second-order valence-electron chi connectivity index (χ2n) is 9.33. The minimum Gasteiger partial charge on any atom is -0.448 e. The lowest BCUT2D eigenvalue weighted by Gasteiger charge is -2.33. The van der Waals surface area contributed by atoms with E-state index >= 15 is 0 Å². The summed E-state index contributed by atoms with van der Waals surface area (Å²) in [5.41, 5.74) is 5.42. The molecule has 4 unspecified atom stereocenters. The number of fused-ring (bicyclic) bond motifs is 2. The summed E-state index contributed by atoms with van der Waals surface area (Å²) in [6, 6.07) is 1.32. The number of hydrogen-bond donors (Lipinski definition) is 3. The molecule has 1 aromatic rings. The number of halogens is 3. The summed E-state index contributed by atoms with van der Waals surface area (Å²) in [5, 5.41) is 10.6. The number of nitrogens with two attached hydrogens (primary N) is 2. The van der Waals surface area contributed by atoms with Gasteiger partial charge in [-0.3, -0.25) is 5.41 Å². The van der Waals surface area contributed by atoms with Crippen molar-refractivity contribution in [2.75, 3.05) is 18.9 Å². The van der Waals surface area contributed by atoms with E-state index in [4.69, 9.17) is 15.9 Å². The number of alkyl halides is 3. The van der Waals surface area contributed by atoms with Gasteiger partial charge in [0.2, 0.25) is 0 Å². The number of nitrogens with zero attached hydrogens (tertiary/aromatic N) is 2. The molecule has 7 nitrogen and oxygen atoms in total. The normalized spacial score (nSPS) is 28.0. The molecule has 3 aliphatic rings. The van der Waals surface area contributed by atoms with E-state index in [1.165, 1.54) is 6.20 Å². The Morgan fingerprint density at radius 3 is 2.66 bits per heavy atom. The fourth-order valence-electron chi connectivity index (χ4n) is 5.51. The van der Waals surface area contributed by atoms with E-state index in [0.717, 1.165) is 31.0 Å². The van der Waals surface area contributed by atoms with Gasteiger partial charge in [0, 0.05) is 29.8 Å². The SMILES string of the molecule is CC(C)[NH2+]C(=CC(=N)c1cnc(N)c(C(F)(F)F)c1)C1CC2CC1CC2N1CCOC1=O. The largest absolute Gasteiger partial charge is 0.448 e. The maximum atomic E-state index is 13.2. The highest BCUT2D eigenvalue weighted by molar-refractivity contribution is 6.06. The van der Waals surface area contributed by atoms with Gasteiger partial charge in [-0.25, -0.2) is 9.78 Å². The molecule has 32 heavy (non-hydrogen) atoms. The summed E-state index contributed by atoms with van der Waals surface area (Å²) >= 11 is 0. The summed E-state index contributed by atoms with van der Waals surface area (Å²) in [6.45, 7) is 5.16. The van der Waals surface area contributed by atoms with Crippen molar-refractivity contribution in [2.45, 2.75) is 51.4 Å². The van der Waals surface area contributed by atoms with Crippen molar-refractivity contribution in [1.82, 2.24) is 9.88 Å². The van der Waals surface area contributed by atoms with Gasteiger partial charge >= 0.3 is 12.3 Å². The summed E-state index contributed by atoms with van der Waals surface area (Å²) in [6.07, 6.45) is 0.835. The second kappa shape index (κ2) is 8.38. The van der Waals surface area contributed by atoms with Gasteiger partial charge in [-0.15, -0.1) is 0 Å². The summed E-state index contributed by atoms with van der Waals surface area (Å²) in [4.78, 5) is 17.5. The lowest BCUT2D eigenvalue weighted by molar-refractivity contribution is -0.642. The van der Waals surface area contributed by atoms with Gasteiger partial charge in [0.05, 0.1) is 23.9 Å². The molecule has 4 rings (SSSR count). The molecule has 2 bridgehead atoms. The highest BCUT2D eigenvalue weighted by Crippen LogP contribution is 2.52. The number of rotatable bonds is 6. The van der Waals surface area contributed by atoms with Crippen LogP contribution in [-0.2, 0) is 10.9 Å². The Bertz CT molecular complexity index is 946. The molecule has 4 atom stereocenters. The molecule has 0 spiro atoms. The van der Waals surface area contributed by atoms with Crippen LogP contribution in [0, 0.1) is 23.2 Å². The molecule has 5 N–H and O–H groups in total. The molecule has 174 valence electrons. The number of anilines is 1. The van der Waals surface area contributed by atoms with E-state index in [1.807, 2.05) is 18.7 Å². The lowest BCUT2D eigenvalue weighted by atomic mass is 9.82. The van der Waals surface area contributed by atoms with Crippen molar-refractivity contribution in [3.8, 4) is 0 Å². The van der Waals surface area contributed by atoms with Crippen LogP contribution in [0.2, 0.25) is 0 Å². The van der Waals surface area contributed by atoms with Crippen LogP contribution in [0.3, 0.4) is 0 Å². The van der Waals surface area contributed by atoms with Gasteiger partial charge in [0.1, 0.15) is 18.1 Å². The highest BCUT2D eigenvalue weighted by Gasteiger charge is 2.52. The van der Waals surface area contributed by atoms with Gasteiger partial charge in [-0.05, 0) is 51.0 Å². The van der Waals surface area contributed by atoms with E-state index in [9.17, 15) is 18.0 Å². The number of quaternary nitrogens is 1. The average Bonchev–Trinajstić information content (AvgIpc) is 3.41. The third-order valence-corrected chi connectivity index (χ3v) is 6.81. The predicted octanol–water partition coefficient (Wildman–Crippen LogP) is 2.77. The van der Waals surface area contributed by atoms with E-state index < -0.39 is 17.6 Å². The first-order chi connectivity index (χ1) is 15.0. The zero-order valence-electron chi connectivity index (χ0n) is 18.2. The summed E-state index contributed by atoms with van der Waals surface area (Å²) in [7, 11) is 0. The zero-order chi connectivity index (χ0) is 23.2. The molecule has 0 radical (unpaired) electrons. The minimum atomic E-state index is -4.62. The summed E-state index contributed by atoms with van der Waals surface area (Å²) < 4.78 is 44.8. The van der Waals surface area contributed by atoms with Crippen LogP contribution >= 0.6 is 0 Å². The van der Waals surface area contributed by atoms with Gasteiger partial charge in [0.25, 0.3) is 0 Å². The van der Waals surface area contributed by atoms with Crippen molar-refractivity contribution in [3.63, 3.8) is 0 Å². The molecule has 1 saturated heterocycles. The monoisotopic (exact) mass is 452 g/mol. The van der Waals surface area contributed by atoms with Crippen molar-refractivity contribution in [3.05, 3.63) is 35.2 Å². The molecule has 10 heteroatoms. The van der Waals surface area contributed by atoms with Crippen LogP contribution in [0.4, 0.5) is 23.8 Å². The number of carbonyl (C=O) groups excluding carboxylic acids is 1. The maximum Gasteiger partial charge on any atom is 0.419 e. The highest BCUT2D eigenvalue weighted by atomic mass is 19.4. The Morgan fingerprint density at radius 1 is 1.34 bits per heavy atom. The average molecular weight is 453 g/mol. The Balaban J connectivity index is 1.55. The molecule has 1 aromatic heterocycles. The third kappa shape index (κ3) is 4.32. The fourth-order valence-corrected chi connectivity index (χ4v) is 5.51. The number of carbonyl (C=O) groups is 1. The number of nitrogens with one attached hydrogen (secondary N) is 1. The predicted molar refractivity (Wildman–Crippen MR) is 112 cm³/mol. The molecule has 2 saturated carbocycles. The molecular formula is C22H29F3N5O2+. The number of allylic oxidation sites excluding steroid dienone is 2. The molecule has 1 aliphatic heterocycles. The van der Waals surface area contributed by atoms with Crippen molar-refractivity contribution in [1.29, 1.82) is 5.41 Å². The van der Waals surface area contributed by atoms with Crippen LogP contribution in [0.15, 0.2) is 24.0 Å². The molecule has 2 aliphatic carbocycles. The number of amides is 1. The first-order valence-corrected chi connectivity index (χ1v) is 11.0. The van der Waals surface area contributed by atoms with Crippen LogP contribution < -0.4 is 11.1 Å². The summed E-state index contributed by atoms with van der Waals surface area (Å²) in [5.74, 6) is 0.388. The molecule has 3 fully saturated rings. The van der Waals surface area contributed by atoms with Gasteiger partial charge in [-0.1, -0.05) is 0 Å². The molecule has 2 heterocycles. The van der Waals surface area contributed by atoms with Crippen LogP contribution in [0.25, 0.3) is 0 Å². The standard InChI is InChI=1S/C22H28F3N5O2/c1-11(2)29-18(9-17(26)14-7-16(22(23,24)25)20(27)28-10-14)15-6-13-5-12(15)8-19(13)30-3-4-32-21(30)31/h7,9-13,15,19,26,29H,3-6,8H2,1-2H3,(H2,27,28)/p+1. The van der Waals surface area contributed by atoms with Gasteiger partial charge < -0.3 is 20.7 Å². The lowest BCUT2D eigenvalue weighted by Crippen LogP contribution is -2.87. The Kier molecular flexibility index (Phi) is 5.91. The zero-order valence-corrected chi connectivity index (χ0v) is 18.2. The number of pyridine rings is 1. The minimum absolute atomic E-state index is 0.0163. The van der Waals surface area contributed by atoms with E-state index in [0.29, 0.717) is 25.0 Å². The number of hydrogen-bond acceptors (Lipinski definition) is 5. The van der Waals surface area contributed by atoms with E-state index in [-0.39, 0.29) is 35.4 Å². The number of aromatic nitrogens is 1. The quantitative estimate of drug-likeness (QED) is 0.577. The maximum absolute atomic E-state index is 13.2. The smallest absolute Gasteiger partial charge is 0.419 e. The van der Waals surface area contributed by atoms with Crippen LogP contribution in [0.5, 0.6) is 0 Å². The molecular weight excluding hydrogens is 423 g/mol. The van der Waals surface area contributed by atoms with Gasteiger partial charge in [-0.2, -0.15) is 13.2 Å². The topological polar surface area (TPSA) is 109 Å². The van der Waals surface area contributed by atoms with E-state index in [1.54, 1.807) is 6.08 Å². The van der Waals surface area contributed by atoms with Crippen LogP contribution in [0.1, 0.15) is 44.2 Å². The van der Waals surface area contributed by atoms with Crippen molar-refractivity contribution < 1.29 is 28.0 Å². The Hall–Kier alpha value is -2.62. The first-order valence-electron chi connectivity index (χ1n) is 11.0. The van der Waals surface area contributed by atoms with E-state index in [2.05, 4.69) is 10.3 Å². The van der Waals surface area contributed by atoms with Crippen molar-refractivity contribution >= 4 is 17.6 Å². The van der Waals surface area contributed by atoms with Gasteiger partial charge in [0.15, 0.2) is 0 Å². The Morgan fingerprint density at radius 2 is 2.09 bits per heavy atom.